The second kappa shape index (κ2) is 4.72. The zero-order chi connectivity index (χ0) is 10.6. The number of rotatable bonds is 2. The number of pyridine rings is 1. The van der Waals surface area contributed by atoms with Crippen molar-refractivity contribution in [2.75, 3.05) is 7.05 Å². The van der Waals surface area contributed by atoms with Gasteiger partial charge in [-0.3, -0.25) is 4.99 Å². The van der Waals surface area contributed by atoms with E-state index in [0.717, 1.165) is 6.07 Å². The van der Waals surface area contributed by atoms with Crippen LogP contribution in [0.3, 0.4) is 0 Å². The van der Waals surface area contributed by atoms with Gasteiger partial charge < -0.3 is 5.73 Å². The van der Waals surface area contributed by atoms with Crippen molar-refractivity contribution >= 4 is 23.4 Å². The quantitative estimate of drug-likeness (QED) is 0.602. The van der Waals surface area contributed by atoms with E-state index >= 15 is 0 Å². The highest BCUT2D eigenvalue weighted by Crippen LogP contribution is 2.17. The van der Waals surface area contributed by atoms with Gasteiger partial charge in [0.05, 0.1) is 0 Å². The first-order chi connectivity index (χ1) is 6.69. The van der Waals surface area contributed by atoms with E-state index < -0.39 is 5.82 Å². The number of hydrogen-bond acceptors (Lipinski definition) is 3. The monoisotopic (exact) mass is 213 g/mol. The summed E-state index contributed by atoms with van der Waals surface area (Å²) in [4.78, 5) is 7.50. The van der Waals surface area contributed by atoms with E-state index in [4.69, 9.17) is 17.3 Å². The summed E-state index contributed by atoms with van der Waals surface area (Å²) in [6.07, 6.45) is 4.03. The van der Waals surface area contributed by atoms with E-state index in [0.29, 0.717) is 5.57 Å². The van der Waals surface area contributed by atoms with E-state index in [1.54, 1.807) is 7.05 Å². The standard InChI is InChI=1S/C9H9ClFN3/c1-13-4-6(3-12)7-5-14-9(10)2-8(7)11/h2-5H,12H2,1H3/b6-3+,13-4?. The molecular formula is C9H9ClFN3. The fourth-order valence-corrected chi connectivity index (χ4v) is 1.11. The molecule has 2 N–H and O–H groups in total. The van der Waals surface area contributed by atoms with Crippen LogP contribution in [0.2, 0.25) is 5.15 Å². The van der Waals surface area contributed by atoms with E-state index in [-0.39, 0.29) is 10.7 Å². The van der Waals surface area contributed by atoms with Crippen molar-refractivity contribution in [3.05, 3.63) is 35.0 Å². The highest BCUT2D eigenvalue weighted by atomic mass is 35.5. The van der Waals surface area contributed by atoms with Crippen molar-refractivity contribution in [1.82, 2.24) is 4.98 Å². The Morgan fingerprint density at radius 2 is 2.43 bits per heavy atom. The number of aromatic nitrogens is 1. The molecule has 1 aromatic heterocycles. The summed E-state index contributed by atoms with van der Waals surface area (Å²) in [5.74, 6) is -0.471. The lowest BCUT2D eigenvalue weighted by Gasteiger charge is -2.02. The van der Waals surface area contributed by atoms with Gasteiger partial charge >= 0.3 is 0 Å². The number of nitrogens with zero attached hydrogens (tertiary/aromatic N) is 2. The number of nitrogens with two attached hydrogens (primary N) is 1. The predicted octanol–water partition coefficient (Wildman–Crippen LogP) is 1.87. The zero-order valence-electron chi connectivity index (χ0n) is 7.54. The summed E-state index contributed by atoms with van der Waals surface area (Å²) in [6.45, 7) is 0. The molecule has 0 fully saturated rings. The third kappa shape index (κ3) is 2.29. The smallest absolute Gasteiger partial charge is 0.135 e. The van der Waals surface area contributed by atoms with Crippen molar-refractivity contribution in [2.24, 2.45) is 10.7 Å². The average Bonchev–Trinajstić information content (AvgIpc) is 2.15. The van der Waals surface area contributed by atoms with Crippen LogP contribution >= 0.6 is 11.6 Å². The minimum absolute atomic E-state index is 0.107. The molecule has 1 aromatic rings. The van der Waals surface area contributed by atoms with Crippen LogP contribution in [-0.2, 0) is 0 Å². The number of allylic oxidation sites excluding steroid dienone is 1. The van der Waals surface area contributed by atoms with Crippen molar-refractivity contribution in [3.63, 3.8) is 0 Å². The molecule has 0 saturated heterocycles. The molecule has 0 unspecified atom stereocenters. The molecule has 0 saturated carbocycles. The van der Waals surface area contributed by atoms with Gasteiger partial charge in [0.15, 0.2) is 0 Å². The molecule has 14 heavy (non-hydrogen) atoms. The Labute approximate surface area is 86.1 Å². The number of halogens is 2. The third-order valence-corrected chi connectivity index (χ3v) is 1.79. The Morgan fingerprint density at radius 3 is 2.93 bits per heavy atom. The summed E-state index contributed by atoms with van der Waals surface area (Å²) in [5, 5.41) is 0.107. The number of hydrogen-bond donors (Lipinski definition) is 1. The molecular weight excluding hydrogens is 205 g/mol. The van der Waals surface area contributed by atoms with E-state index in [1.165, 1.54) is 18.6 Å². The fourth-order valence-electron chi connectivity index (χ4n) is 0.961. The molecule has 3 nitrogen and oxygen atoms in total. The van der Waals surface area contributed by atoms with Crippen LogP contribution in [-0.4, -0.2) is 18.2 Å². The molecule has 74 valence electrons. The lowest BCUT2D eigenvalue weighted by molar-refractivity contribution is 0.622. The Kier molecular flexibility index (Phi) is 3.59. The SMILES string of the molecule is CN=C/C(=C\N)c1cnc(Cl)cc1F. The van der Waals surface area contributed by atoms with Gasteiger partial charge in [0, 0.05) is 42.9 Å². The molecule has 0 bridgehead atoms. The molecule has 0 aliphatic heterocycles. The Balaban J connectivity index is 3.18. The molecule has 0 spiro atoms. The molecule has 1 heterocycles. The van der Waals surface area contributed by atoms with Gasteiger partial charge in [0.1, 0.15) is 11.0 Å². The molecule has 0 radical (unpaired) electrons. The molecule has 0 aromatic carbocycles. The van der Waals surface area contributed by atoms with Gasteiger partial charge in [-0.15, -0.1) is 0 Å². The van der Waals surface area contributed by atoms with Gasteiger partial charge in [0.25, 0.3) is 0 Å². The van der Waals surface area contributed by atoms with Gasteiger partial charge in [-0.05, 0) is 0 Å². The van der Waals surface area contributed by atoms with E-state index in [9.17, 15) is 4.39 Å². The average molecular weight is 214 g/mol. The Morgan fingerprint density at radius 1 is 1.71 bits per heavy atom. The topological polar surface area (TPSA) is 51.3 Å². The maximum atomic E-state index is 13.3. The van der Waals surface area contributed by atoms with E-state index in [1.807, 2.05) is 0 Å². The molecule has 0 aliphatic rings. The second-order valence-electron chi connectivity index (χ2n) is 2.50. The fraction of sp³-hybridized carbons (Fsp3) is 0.111. The van der Waals surface area contributed by atoms with Crippen LogP contribution in [0.5, 0.6) is 0 Å². The lowest BCUT2D eigenvalue weighted by atomic mass is 10.1. The molecule has 5 heteroatoms. The van der Waals surface area contributed by atoms with Gasteiger partial charge in [-0.2, -0.15) is 0 Å². The summed E-state index contributed by atoms with van der Waals surface area (Å²) < 4.78 is 13.3. The van der Waals surface area contributed by atoms with Crippen molar-refractivity contribution in [3.8, 4) is 0 Å². The summed E-state index contributed by atoms with van der Waals surface area (Å²) >= 11 is 5.51. The van der Waals surface area contributed by atoms with Gasteiger partial charge in [-0.1, -0.05) is 11.6 Å². The molecule has 0 amide bonds. The molecule has 0 aliphatic carbocycles. The minimum Gasteiger partial charge on any atom is -0.404 e. The van der Waals surface area contributed by atoms with Crippen LogP contribution in [0.1, 0.15) is 5.56 Å². The first kappa shape index (κ1) is 10.7. The normalized spacial score (nSPS) is 12.4. The summed E-state index contributed by atoms with van der Waals surface area (Å²) in [6, 6.07) is 1.13. The lowest BCUT2D eigenvalue weighted by Crippen LogP contribution is -1.96. The molecule has 0 atom stereocenters. The highest BCUT2D eigenvalue weighted by Gasteiger charge is 2.06. The highest BCUT2D eigenvalue weighted by molar-refractivity contribution is 6.29. The van der Waals surface area contributed by atoms with Crippen molar-refractivity contribution in [2.45, 2.75) is 0 Å². The van der Waals surface area contributed by atoms with Crippen molar-refractivity contribution in [1.29, 1.82) is 0 Å². The summed E-state index contributed by atoms with van der Waals surface area (Å²) in [7, 11) is 1.57. The number of aliphatic imine (C=N–C) groups is 1. The van der Waals surface area contributed by atoms with Gasteiger partial charge in [-0.25, -0.2) is 9.37 Å². The first-order valence-electron chi connectivity index (χ1n) is 3.84. The van der Waals surface area contributed by atoms with Gasteiger partial charge in [0.2, 0.25) is 0 Å². The van der Waals surface area contributed by atoms with Crippen LogP contribution in [0.15, 0.2) is 23.5 Å². The predicted molar refractivity (Wildman–Crippen MR) is 55.8 cm³/mol. The maximum Gasteiger partial charge on any atom is 0.135 e. The van der Waals surface area contributed by atoms with E-state index in [2.05, 4.69) is 9.98 Å². The minimum atomic E-state index is -0.471. The maximum absolute atomic E-state index is 13.3. The molecule has 1 rings (SSSR count). The van der Waals surface area contributed by atoms with Crippen LogP contribution in [0.25, 0.3) is 5.57 Å². The second-order valence-corrected chi connectivity index (χ2v) is 2.88. The van der Waals surface area contributed by atoms with Crippen molar-refractivity contribution < 1.29 is 4.39 Å². The Hall–Kier alpha value is -1.42. The zero-order valence-corrected chi connectivity index (χ0v) is 8.29. The third-order valence-electron chi connectivity index (χ3n) is 1.58. The largest absolute Gasteiger partial charge is 0.404 e. The summed E-state index contributed by atoms with van der Waals surface area (Å²) in [5.41, 5.74) is 6.06. The van der Waals surface area contributed by atoms with Crippen LogP contribution in [0.4, 0.5) is 4.39 Å². The first-order valence-corrected chi connectivity index (χ1v) is 4.22. The van der Waals surface area contributed by atoms with Crippen LogP contribution in [0, 0.1) is 5.82 Å². The Bertz CT molecular complexity index is 388. The van der Waals surface area contributed by atoms with Crippen LogP contribution < -0.4 is 5.73 Å².